The number of nitrogens with two attached hydrogens (primary N) is 1. The Hall–Kier alpha value is -2.16. The van der Waals surface area contributed by atoms with Gasteiger partial charge in [-0.15, -0.1) is 0 Å². The van der Waals surface area contributed by atoms with Crippen LogP contribution in [0.25, 0.3) is 0 Å². The van der Waals surface area contributed by atoms with Crippen molar-refractivity contribution >= 4 is 34.6 Å². The van der Waals surface area contributed by atoms with Crippen LogP contribution < -0.4 is 10.6 Å². The standard InChI is InChI=1S/C20H18Cl2N2/c21-17-11-19(23)20(12-18(17)22)24(13-15-7-3-1-4-8-15)14-16-9-5-2-6-10-16/h1-12H,13-14,23H2. The molecule has 0 aromatic heterocycles. The molecule has 0 bridgehead atoms. The summed E-state index contributed by atoms with van der Waals surface area (Å²) in [5, 5.41) is 0.976. The molecule has 2 N–H and O–H groups in total. The van der Waals surface area contributed by atoms with Crippen LogP contribution in [0, 0.1) is 0 Å². The van der Waals surface area contributed by atoms with Gasteiger partial charge < -0.3 is 10.6 Å². The number of rotatable bonds is 5. The van der Waals surface area contributed by atoms with Gasteiger partial charge in [0.2, 0.25) is 0 Å². The summed E-state index contributed by atoms with van der Waals surface area (Å²) in [7, 11) is 0. The third kappa shape index (κ3) is 4.02. The number of nitrogen functional groups attached to an aromatic ring is 1. The zero-order valence-electron chi connectivity index (χ0n) is 13.1. The molecule has 0 atom stereocenters. The maximum atomic E-state index is 6.22. The normalized spacial score (nSPS) is 10.6. The Balaban J connectivity index is 1.96. The van der Waals surface area contributed by atoms with Gasteiger partial charge in [0.1, 0.15) is 0 Å². The maximum Gasteiger partial charge on any atom is 0.0621 e. The zero-order valence-corrected chi connectivity index (χ0v) is 14.6. The molecule has 24 heavy (non-hydrogen) atoms. The van der Waals surface area contributed by atoms with E-state index in [1.54, 1.807) is 6.07 Å². The summed E-state index contributed by atoms with van der Waals surface area (Å²) in [6.07, 6.45) is 0. The molecule has 0 saturated carbocycles. The monoisotopic (exact) mass is 356 g/mol. The Kier molecular flexibility index (Phi) is 5.29. The SMILES string of the molecule is Nc1cc(Cl)c(Cl)cc1N(Cc1ccccc1)Cc1ccccc1. The van der Waals surface area contributed by atoms with Gasteiger partial charge in [0, 0.05) is 13.1 Å². The Bertz CT molecular complexity index is 763. The first kappa shape index (κ1) is 16.7. The van der Waals surface area contributed by atoms with Crippen molar-refractivity contribution in [3.8, 4) is 0 Å². The van der Waals surface area contributed by atoms with Gasteiger partial charge in [0.05, 0.1) is 21.4 Å². The minimum absolute atomic E-state index is 0.470. The predicted molar refractivity (Wildman–Crippen MR) is 104 cm³/mol. The minimum Gasteiger partial charge on any atom is -0.397 e. The Morgan fingerprint density at radius 2 is 1.17 bits per heavy atom. The van der Waals surface area contributed by atoms with E-state index >= 15 is 0 Å². The molecular weight excluding hydrogens is 339 g/mol. The molecule has 0 spiro atoms. The molecule has 0 unspecified atom stereocenters. The number of hydrogen-bond donors (Lipinski definition) is 1. The van der Waals surface area contributed by atoms with Crippen LogP contribution in [-0.4, -0.2) is 0 Å². The van der Waals surface area contributed by atoms with Gasteiger partial charge in [0.25, 0.3) is 0 Å². The fourth-order valence-corrected chi connectivity index (χ4v) is 2.99. The molecule has 0 heterocycles. The Labute approximate surface area is 152 Å². The van der Waals surface area contributed by atoms with E-state index < -0.39 is 0 Å². The molecule has 0 amide bonds. The lowest BCUT2D eigenvalue weighted by Crippen LogP contribution is -2.23. The first-order chi connectivity index (χ1) is 11.6. The number of halogens is 2. The second-order valence-corrected chi connectivity index (χ2v) is 6.47. The molecule has 4 heteroatoms. The van der Waals surface area contributed by atoms with Crippen LogP contribution in [0.4, 0.5) is 11.4 Å². The molecule has 3 rings (SSSR count). The van der Waals surface area contributed by atoms with E-state index in [-0.39, 0.29) is 0 Å². The predicted octanol–water partition coefficient (Wildman–Crippen LogP) is 5.78. The van der Waals surface area contributed by atoms with Gasteiger partial charge in [-0.3, -0.25) is 0 Å². The van der Waals surface area contributed by atoms with Crippen LogP contribution in [-0.2, 0) is 13.1 Å². The highest BCUT2D eigenvalue weighted by Gasteiger charge is 2.14. The summed E-state index contributed by atoms with van der Waals surface area (Å²) in [6, 6.07) is 24.1. The van der Waals surface area contributed by atoms with Gasteiger partial charge in [-0.05, 0) is 23.3 Å². The van der Waals surface area contributed by atoms with Gasteiger partial charge in [0.15, 0.2) is 0 Å². The lowest BCUT2D eigenvalue weighted by atomic mass is 10.1. The summed E-state index contributed by atoms with van der Waals surface area (Å²) < 4.78 is 0. The fourth-order valence-electron chi connectivity index (χ4n) is 2.66. The second kappa shape index (κ2) is 7.61. The van der Waals surface area contributed by atoms with Crippen LogP contribution >= 0.6 is 23.2 Å². The van der Waals surface area contributed by atoms with Crippen LogP contribution in [0.5, 0.6) is 0 Å². The number of anilines is 2. The van der Waals surface area contributed by atoms with E-state index in [0.717, 1.165) is 18.8 Å². The minimum atomic E-state index is 0.470. The third-order valence-corrected chi connectivity index (χ3v) is 4.56. The molecule has 0 radical (unpaired) electrons. The van der Waals surface area contributed by atoms with Crippen LogP contribution in [0.15, 0.2) is 72.8 Å². The van der Waals surface area contributed by atoms with E-state index in [1.807, 2.05) is 42.5 Å². The van der Waals surface area contributed by atoms with Crippen LogP contribution in [0.2, 0.25) is 10.0 Å². The van der Waals surface area contributed by atoms with Gasteiger partial charge >= 0.3 is 0 Å². The molecule has 3 aromatic carbocycles. The van der Waals surface area contributed by atoms with E-state index in [0.29, 0.717) is 15.7 Å². The molecule has 0 aliphatic rings. The lowest BCUT2D eigenvalue weighted by molar-refractivity contribution is 0.801. The highest BCUT2D eigenvalue weighted by Crippen LogP contribution is 2.34. The summed E-state index contributed by atoms with van der Waals surface area (Å²) >= 11 is 12.3. The summed E-state index contributed by atoms with van der Waals surface area (Å²) in [6.45, 7) is 1.47. The smallest absolute Gasteiger partial charge is 0.0621 e. The first-order valence-corrected chi connectivity index (χ1v) is 8.46. The third-order valence-electron chi connectivity index (χ3n) is 3.84. The Morgan fingerprint density at radius 1 is 0.708 bits per heavy atom. The van der Waals surface area contributed by atoms with Crippen molar-refractivity contribution in [3.05, 3.63) is 94.0 Å². The molecule has 0 saturated heterocycles. The largest absolute Gasteiger partial charge is 0.397 e. The number of nitrogens with zero attached hydrogens (tertiary/aromatic N) is 1. The van der Waals surface area contributed by atoms with Crippen molar-refractivity contribution < 1.29 is 0 Å². The number of hydrogen-bond acceptors (Lipinski definition) is 2. The molecule has 0 fully saturated rings. The maximum absolute atomic E-state index is 6.22. The van der Waals surface area contributed by atoms with Crippen molar-refractivity contribution in [1.29, 1.82) is 0 Å². The summed E-state index contributed by atoms with van der Waals surface area (Å²) in [4.78, 5) is 2.21. The van der Waals surface area contributed by atoms with Crippen LogP contribution in [0.3, 0.4) is 0 Å². The quantitative estimate of drug-likeness (QED) is 0.586. The van der Waals surface area contributed by atoms with E-state index in [1.165, 1.54) is 11.1 Å². The highest BCUT2D eigenvalue weighted by molar-refractivity contribution is 6.42. The fraction of sp³-hybridized carbons (Fsp3) is 0.100. The van der Waals surface area contributed by atoms with E-state index in [4.69, 9.17) is 28.9 Å². The molecule has 0 aliphatic carbocycles. The van der Waals surface area contributed by atoms with Gasteiger partial charge in [-0.1, -0.05) is 83.9 Å². The molecule has 3 aromatic rings. The van der Waals surface area contributed by atoms with Crippen molar-refractivity contribution in [3.63, 3.8) is 0 Å². The topological polar surface area (TPSA) is 29.3 Å². The zero-order chi connectivity index (χ0) is 16.9. The van der Waals surface area contributed by atoms with Crippen molar-refractivity contribution in [2.75, 3.05) is 10.6 Å². The van der Waals surface area contributed by atoms with Crippen LogP contribution in [0.1, 0.15) is 11.1 Å². The second-order valence-electron chi connectivity index (χ2n) is 5.65. The first-order valence-electron chi connectivity index (χ1n) is 7.71. The highest BCUT2D eigenvalue weighted by atomic mass is 35.5. The lowest BCUT2D eigenvalue weighted by Gasteiger charge is -2.27. The summed E-state index contributed by atoms with van der Waals surface area (Å²) in [5.74, 6) is 0. The van der Waals surface area contributed by atoms with Gasteiger partial charge in [-0.2, -0.15) is 0 Å². The Morgan fingerprint density at radius 3 is 1.67 bits per heavy atom. The van der Waals surface area contributed by atoms with E-state index in [9.17, 15) is 0 Å². The van der Waals surface area contributed by atoms with Crippen molar-refractivity contribution in [2.24, 2.45) is 0 Å². The van der Waals surface area contributed by atoms with Crippen molar-refractivity contribution in [2.45, 2.75) is 13.1 Å². The molecular formula is C20H18Cl2N2. The average molecular weight is 357 g/mol. The average Bonchev–Trinajstić information content (AvgIpc) is 2.59. The van der Waals surface area contributed by atoms with Crippen molar-refractivity contribution in [1.82, 2.24) is 0 Å². The number of benzene rings is 3. The van der Waals surface area contributed by atoms with E-state index in [2.05, 4.69) is 29.2 Å². The molecule has 0 aliphatic heterocycles. The molecule has 122 valence electrons. The van der Waals surface area contributed by atoms with Gasteiger partial charge in [-0.25, -0.2) is 0 Å². The summed E-state index contributed by atoms with van der Waals surface area (Å²) in [5.41, 5.74) is 10.1. The molecule has 2 nitrogen and oxygen atoms in total.